The molecule has 2 aromatic carbocycles. The normalized spacial score (nSPS) is 15.9. The summed E-state index contributed by atoms with van der Waals surface area (Å²) >= 11 is 0. The summed E-state index contributed by atoms with van der Waals surface area (Å²) in [6, 6.07) is 15.1. The Kier molecular flexibility index (Phi) is 7.94. The van der Waals surface area contributed by atoms with Crippen molar-refractivity contribution >= 4 is 18.0 Å². The van der Waals surface area contributed by atoms with Gasteiger partial charge in [0, 0.05) is 13.0 Å². The molecule has 34 heavy (non-hydrogen) atoms. The molecule has 0 radical (unpaired) electrons. The number of carbonyl (C=O) groups excluding carboxylic acids is 2. The molecule has 0 fully saturated rings. The highest BCUT2D eigenvalue weighted by Gasteiger charge is 2.38. The number of fused-ring (bicyclic) bond motifs is 3. The van der Waals surface area contributed by atoms with Gasteiger partial charge in [0.05, 0.1) is 6.61 Å². The van der Waals surface area contributed by atoms with E-state index in [1.165, 1.54) is 14.0 Å². The van der Waals surface area contributed by atoms with Crippen LogP contribution in [0.25, 0.3) is 11.1 Å². The van der Waals surface area contributed by atoms with E-state index in [4.69, 9.17) is 9.47 Å². The van der Waals surface area contributed by atoms with Crippen LogP contribution in [0.2, 0.25) is 0 Å². The van der Waals surface area contributed by atoms with Gasteiger partial charge in [-0.15, -0.1) is 0 Å². The molecule has 0 saturated heterocycles. The fourth-order valence-electron chi connectivity index (χ4n) is 4.26. The van der Waals surface area contributed by atoms with E-state index < -0.39 is 29.6 Å². The summed E-state index contributed by atoms with van der Waals surface area (Å²) in [6.07, 6.45) is -0.137. The van der Waals surface area contributed by atoms with E-state index in [9.17, 15) is 19.5 Å². The summed E-state index contributed by atoms with van der Waals surface area (Å²) in [6.45, 7) is 4.95. The highest BCUT2D eigenvalue weighted by atomic mass is 16.5. The van der Waals surface area contributed by atoms with Gasteiger partial charge in [-0.05, 0) is 35.1 Å². The van der Waals surface area contributed by atoms with Gasteiger partial charge in [0.2, 0.25) is 5.91 Å². The van der Waals surface area contributed by atoms with E-state index >= 15 is 0 Å². The minimum atomic E-state index is -1.62. The van der Waals surface area contributed by atoms with Gasteiger partial charge in [-0.25, -0.2) is 9.59 Å². The summed E-state index contributed by atoms with van der Waals surface area (Å²) in [5.41, 5.74) is 2.79. The molecular weight excluding hydrogens is 436 g/mol. The molecule has 182 valence electrons. The van der Waals surface area contributed by atoms with Crippen molar-refractivity contribution in [3.63, 3.8) is 0 Å². The first-order valence-electron chi connectivity index (χ1n) is 11.4. The zero-order valence-corrected chi connectivity index (χ0v) is 20.0. The SMILES string of the molecule is CCC(C)C(NC(=O)OCC1c2ccccc2-c2ccccc21)C(=O)NC(C)(COC)C(=O)O. The van der Waals surface area contributed by atoms with E-state index in [2.05, 4.69) is 22.8 Å². The van der Waals surface area contributed by atoms with E-state index in [0.29, 0.717) is 6.42 Å². The van der Waals surface area contributed by atoms with Crippen molar-refractivity contribution in [1.29, 1.82) is 0 Å². The van der Waals surface area contributed by atoms with Gasteiger partial charge in [0.1, 0.15) is 12.6 Å². The van der Waals surface area contributed by atoms with E-state index in [1.54, 1.807) is 0 Å². The second-order valence-electron chi connectivity index (χ2n) is 8.89. The molecule has 0 saturated carbocycles. The number of ether oxygens (including phenoxy) is 2. The Balaban J connectivity index is 1.70. The first kappa shape index (κ1) is 25.2. The summed E-state index contributed by atoms with van der Waals surface area (Å²) in [5.74, 6) is -2.19. The standard InChI is InChI=1S/C26H32N2O6/c1-5-16(2)22(23(29)28-26(3,15-33-4)24(30)31)27-25(32)34-14-21-19-12-8-6-10-17(19)18-11-7-9-13-20(18)21/h6-13,16,21-22H,5,14-15H2,1-4H3,(H,27,32)(H,28,29)(H,30,31). The number of methoxy groups -OCH3 is 1. The van der Waals surface area contributed by atoms with Crippen molar-refractivity contribution in [2.24, 2.45) is 5.92 Å². The Morgan fingerprint density at radius 3 is 2.12 bits per heavy atom. The van der Waals surface area contributed by atoms with Crippen molar-refractivity contribution in [2.75, 3.05) is 20.3 Å². The quantitative estimate of drug-likeness (QED) is 0.491. The average Bonchev–Trinajstić information content (AvgIpc) is 3.14. The maximum Gasteiger partial charge on any atom is 0.407 e. The van der Waals surface area contributed by atoms with Crippen LogP contribution in [-0.2, 0) is 19.1 Å². The van der Waals surface area contributed by atoms with Crippen LogP contribution in [0.15, 0.2) is 48.5 Å². The number of alkyl carbamates (subject to hydrolysis) is 1. The molecule has 3 atom stereocenters. The molecule has 1 aliphatic carbocycles. The zero-order valence-electron chi connectivity index (χ0n) is 20.0. The average molecular weight is 469 g/mol. The van der Waals surface area contributed by atoms with Gasteiger partial charge in [-0.2, -0.15) is 0 Å². The van der Waals surface area contributed by atoms with Crippen LogP contribution in [-0.4, -0.2) is 55.0 Å². The van der Waals surface area contributed by atoms with E-state index in [0.717, 1.165) is 22.3 Å². The lowest BCUT2D eigenvalue weighted by Gasteiger charge is -2.30. The lowest BCUT2D eigenvalue weighted by molar-refractivity contribution is -0.149. The third-order valence-corrected chi connectivity index (χ3v) is 6.42. The van der Waals surface area contributed by atoms with Gasteiger partial charge in [0.15, 0.2) is 5.54 Å². The second kappa shape index (κ2) is 10.7. The Bertz CT molecular complexity index is 1010. The molecule has 0 heterocycles. The summed E-state index contributed by atoms with van der Waals surface area (Å²) in [7, 11) is 1.36. The fourth-order valence-corrected chi connectivity index (χ4v) is 4.26. The summed E-state index contributed by atoms with van der Waals surface area (Å²) in [4.78, 5) is 37.4. The van der Waals surface area contributed by atoms with Gasteiger partial charge in [-0.3, -0.25) is 4.79 Å². The second-order valence-corrected chi connectivity index (χ2v) is 8.89. The van der Waals surface area contributed by atoms with Crippen molar-refractivity contribution in [3.8, 4) is 11.1 Å². The van der Waals surface area contributed by atoms with Crippen LogP contribution in [0.4, 0.5) is 4.79 Å². The molecule has 8 nitrogen and oxygen atoms in total. The molecule has 3 rings (SSSR count). The number of hydrogen-bond acceptors (Lipinski definition) is 5. The predicted molar refractivity (Wildman–Crippen MR) is 128 cm³/mol. The van der Waals surface area contributed by atoms with Crippen LogP contribution >= 0.6 is 0 Å². The van der Waals surface area contributed by atoms with Crippen LogP contribution < -0.4 is 10.6 Å². The monoisotopic (exact) mass is 468 g/mol. The van der Waals surface area contributed by atoms with Crippen LogP contribution in [0.1, 0.15) is 44.2 Å². The van der Waals surface area contributed by atoms with E-state index in [-0.39, 0.29) is 25.0 Å². The largest absolute Gasteiger partial charge is 0.479 e. The van der Waals surface area contributed by atoms with Crippen LogP contribution in [0.5, 0.6) is 0 Å². The molecule has 3 unspecified atom stereocenters. The number of hydrogen-bond donors (Lipinski definition) is 3. The minimum Gasteiger partial charge on any atom is -0.479 e. The van der Waals surface area contributed by atoms with Crippen LogP contribution in [0.3, 0.4) is 0 Å². The molecule has 0 aliphatic heterocycles. The number of carbonyl (C=O) groups is 3. The highest BCUT2D eigenvalue weighted by Crippen LogP contribution is 2.44. The zero-order chi connectivity index (χ0) is 24.9. The molecule has 0 spiro atoms. The lowest BCUT2D eigenvalue weighted by Crippen LogP contribution is -2.61. The molecule has 1 aliphatic rings. The van der Waals surface area contributed by atoms with Crippen molar-refractivity contribution in [1.82, 2.24) is 10.6 Å². The van der Waals surface area contributed by atoms with Crippen molar-refractivity contribution in [2.45, 2.75) is 44.7 Å². The molecule has 3 N–H and O–H groups in total. The molecule has 8 heteroatoms. The summed E-state index contributed by atoms with van der Waals surface area (Å²) in [5, 5.41) is 14.7. The third kappa shape index (κ3) is 5.22. The van der Waals surface area contributed by atoms with Gasteiger partial charge in [-0.1, -0.05) is 68.8 Å². The van der Waals surface area contributed by atoms with Gasteiger partial charge in [0.25, 0.3) is 0 Å². The Morgan fingerprint density at radius 1 is 1.06 bits per heavy atom. The van der Waals surface area contributed by atoms with Crippen LogP contribution in [0, 0.1) is 5.92 Å². The van der Waals surface area contributed by atoms with E-state index in [1.807, 2.05) is 50.2 Å². The molecule has 0 aromatic heterocycles. The van der Waals surface area contributed by atoms with Gasteiger partial charge < -0.3 is 25.2 Å². The predicted octanol–water partition coefficient (Wildman–Crippen LogP) is 3.55. The third-order valence-electron chi connectivity index (χ3n) is 6.42. The smallest absolute Gasteiger partial charge is 0.407 e. The Morgan fingerprint density at radius 2 is 1.62 bits per heavy atom. The van der Waals surface area contributed by atoms with Crippen molar-refractivity contribution < 1.29 is 29.0 Å². The molecule has 2 aromatic rings. The maximum atomic E-state index is 13.0. The Labute approximate surface area is 199 Å². The maximum absolute atomic E-state index is 13.0. The molecular formula is C26H32N2O6. The number of aliphatic carboxylic acids is 1. The number of amides is 2. The molecule has 0 bridgehead atoms. The fraction of sp³-hybridized carbons (Fsp3) is 0.423. The number of benzene rings is 2. The number of carboxylic acid groups (broad SMARTS) is 1. The first-order valence-corrected chi connectivity index (χ1v) is 11.4. The molecule has 2 amide bonds. The Hall–Kier alpha value is -3.39. The lowest BCUT2D eigenvalue weighted by atomic mass is 9.96. The topological polar surface area (TPSA) is 114 Å². The summed E-state index contributed by atoms with van der Waals surface area (Å²) < 4.78 is 10.5. The number of carboxylic acids is 1. The highest BCUT2D eigenvalue weighted by molar-refractivity contribution is 5.91. The van der Waals surface area contributed by atoms with Crippen molar-refractivity contribution in [3.05, 3.63) is 59.7 Å². The number of nitrogens with one attached hydrogen (secondary N) is 2. The van der Waals surface area contributed by atoms with Gasteiger partial charge >= 0.3 is 12.1 Å². The minimum absolute atomic E-state index is 0.106. The number of rotatable bonds is 10. The first-order chi connectivity index (χ1) is 16.2.